The van der Waals surface area contributed by atoms with Gasteiger partial charge in [0.2, 0.25) is 5.91 Å². The van der Waals surface area contributed by atoms with Crippen LogP contribution in [-0.2, 0) is 15.8 Å². The molecule has 6 N–H and O–H groups in total. The predicted molar refractivity (Wildman–Crippen MR) is 141 cm³/mol. The van der Waals surface area contributed by atoms with E-state index in [1.54, 1.807) is 31.3 Å². The standard InChI is InChI=1S/C26H30BrN5O5/c1-25(24(29)34)12-37-21-17(25)9-19(32-22(21)27)26(35,15-3-4-15)11-31-23(33)13-7-14(10-30-16-5-6-16)20(28)18(8-13)36-2/h7-10,15-16,35H,3-6,11-12,28H2,1-2H3,(H2,29,34)(H,31,33)/t25-,26?/m0/s1. The molecule has 11 heteroatoms. The lowest BCUT2D eigenvalue weighted by Gasteiger charge is -2.29. The number of rotatable bonds is 9. The molecule has 2 amide bonds. The second-order valence-electron chi connectivity index (χ2n) is 10.2. The number of carbonyl (C=O) groups is 2. The Morgan fingerprint density at radius 1 is 1.35 bits per heavy atom. The Kier molecular flexibility index (Phi) is 6.39. The molecule has 0 saturated heterocycles. The van der Waals surface area contributed by atoms with Crippen molar-refractivity contribution in [3.05, 3.63) is 45.2 Å². The van der Waals surface area contributed by atoms with Crippen LogP contribution < -0.4 is 26.3 Å². The molecular formula is C26H30BrN5O5. The molecule has 5 rings (SSSR count). The van der Waals surface area contributed by atoms with Crippen LogP contribution in [0.25, 0.3) is 0 Å². The number of nitrogen functional groups attached to an aromatic ring is 1. The SMILES string of the molecule is COc1cc(C(=O)NCC(O)(c2cc3c(c(Br)n2)OC[C@]3(C)C(N)=O)C2CC2)cc(C=NC2CC2)c1N. The average molecular weight is 572 g/mol. The summed E-state index contributed by atoms with van der Waals surface area (Å²) < 4.78 is 11.4. The number of methoxy groups -OCH3 is 1. The number of primary amides is 1. The summed E-state index contributed by atoms with van der Waals surface area (Å²) in [5.74, 6) is -0.227. The van der Waals surface area contributed by atoms with Crippen molar-refractivity contribution < 1.29 is 24.2 Å². The minimum absolute atomic E-state index is 0.0823. The maximum atomic E-state index is 13.2. The fourth-order valence-electron chi connectivity index (χ4n) is 4.56. The van der Waals surface area contributed by atoms with Crippen LogP contribution in [0, 0.1) is 5.92 Å². The summed E-state index contributed by atoms with van der Waals surface area (Å²) in [5.41, 5.74) is 11.6. The number of benzene rings is 1. The monoisotopic (exact) mass is 571 g/mol. The van der Waals surface area contributed by atoms with Crippen LogP contribution in [0.1, 0.15) is 59.8 Å². The first-order valence-electron chi connectivity index (χ1n) is 12.2. The lowest BCUT2D eigenvalue weighted by molar-refractivity contribution is -0.123. The molecule has 1 aliphatic heterocycles. The van der Waals surface area contributed by atoms with E-state index in [9.17, 15) is 14.7 Å². The number of carbonyl (C=O) groups excluding carboxylic acids is 2. The summed E-state index contributed by atoms with van der Waals surface area (Å²) in [7, 11) is 1.49. The summed E-state index contributed by atoms with van der Waals surface area (Å²) in [6, 6.07) is 5.20. The van der Waals surface area contributed by atoms with Gasteiger partial charge in [0, 0.05) is 22.9 Å². The van der Waals surface area contributed by atoms with Crippen molar-refractivity contribution in [2.45, 2.75) is 49.7 Å². The molecule has 0 bridgehead atoms. The third kappa shape index (κ3) is 4.66. The van der Waals surface area contributed by atoms with Gasteiger partial charge in [0.1, 0.15) is 28.0 Å². The van der Waals surface area contributed by atoms with Crippen molar-refractivity contribution >= 4 is 39.6 Å². The molecule has 37 heavy (non-hydrogen) atoms. The van der Waals surface area contributed by atoms with E-state index in [4.69, 9.17) is 20.9 Å². The van der Waals surface area contributed by atoms with Gasteiger partial charge in [0.25, 0.3) is 5.91 Å². The first-order valence-corrected chi connectivity index (χ1v) is 13.0. The van der Waals surface area contributed by atoms with Crippen molar-refractivity contribution in [3.63, 3.8) is 0 Å². The molecular weight excluding hydrogens is 542 g/mol. The molecule has 196 valence electrons. The van der Waals surface area contributed by atoms with Gasteiger partial charge >= 0.3 is 0 Å². The van der Waals surface area contributed by atoms with Crippen LogP contribution in [0.3, 0.4) is 0 Å². The number of aliphatic imine (C=N–C) groups is 1. The van der Waals surface area contributed by atoms with Crippen molar-refractivity contribution in [2.75, 3.05) is 26.0 Å². The molecule has 0 radical (unpaired) electrons. The van der Waals surface area contributed by atoms with E-state index in [1.165, 1.54) is 7.11 Å². The van der Waals surface area contributed by atoms with Crippen LogP contribution in [0.4, 0.5) is 5.69 Å². The smallest absolute Gasteiger partial charge is 0.251 e. The van der Waals surface area contributed by atoms with Gasteiger partial charge in [-0.1, -0.05) is 0 Å². The van der Waals surface area contributed by atoms with E-state index in [0.29, 0.717) is 50.2 Å². The van der Waals surface area contributed by atoms with Crippen LogP contribution in [0.5, 0.6) is 11.5 Å². The van der Waals surface area contributed by atoms with Gasteiger partial charge in [-0.25, -0.2) is 4.98 Å². The van der Waals surface area contributed by atoms with E-state index in [1.807, 2.05) is 0 Å². The zero-order chi connectivity index (χ0) is 26.5. The second-order valence-corrected chi connectivity index (χ2v) is 11.0. The molecule has 10 nitrogen and oxygen atoms in total. The minimum atomic E-state index is -1.46. The Morgan fingerprint density at radius 2 is 2.08 bits per heavy atom. The molecule has 2 saturated carbocycles. The number of amides is 2. The molecule has 1 aromatic carbocycles. The Bertz CT molecular complexity index is 1310. The van der Waals surface area contributed by atoms with Crippen molar-refractivity contribution in [2.24, 2.45) is 16.6 Å². The van der Waals surface area contributed by atoms with Crippen LogP contribution in [0.15, 0.2) is 27.8 Å². The zero-order valence-electron chi connectivity index (χ0n) is 20.7. The zero-order valence-corrected chi connectivity index (χ0v) is 22.3. The Morgan fingerprint density at radius 3 is 2.70 bits per heavy atom. The number of nitrogens with one attached hydrogen (secondary N) is 1. The van der Waals surface area contributed by atoms with Crippen LogP contribution in [-0.4, -0.2) is 54.4 Å². The van der Waals surface area contributed by atoms with Crippen LogP contribution in [0.2, 0.25) is 0 Å². The third-order valence-corrected chi connectivity index (χ3v) is 7.95. The second kappa shape index (κ2) is 9.29. The largest absolute Gasteiger partial charge is 0.495 e. The van der Waals surface area contributed by atoms with Gasteiger partial charge in [-0.15, -0.1) is 0 Å². The van der Waals surface area contributed by atoms with Gasteiger partial charge in [0.15, 0.2) is 5.75 Å². The highest BCUT2D eigenvalue weighted by molar-refractivity contribution is 9.10. The van der Waals surface area contributed by atoms with E-state index in [0.717, 1.165) is 25.7 Å². The molecule has 2 fully saturated rings. The molecule has 0 spiro atoms. The van der Waals surface area contributed by atoms with E-state index in [2.05, 4.69) is 31.2 Å². The number of pyridine rings is 1. The summed E-state index contributed by atoms with van der Waals surface area (Å²) >= 11 is 3.41. The van der Waals surface area contributed by atoms with E-state index >= 15 is 0 Å². The predicted octanol–water partition coefficient (Wildman–Crippen LogP) is 2.18. The highest BCUT2D eigenvalue weighted by atomic mass is 79.9. The quantitative estimate of drug-likeness (QED) is 0.203. The molecule has 1 aromatic heterocycles. The Balaban J connectivity index is 1.42. The van der Waals surface area contributed by atoms with Gasteiger partial charge in [-0.2, -0.15) is 0 Å². The number of hydrogen-bond acceptors (Lipinski definition) is 8. The first-order chi connectivity index (χ1) is 17.6. The number of aliphatic hydroxyl groups is 1. The molecule has 2 aliphatic carbocycles. The number of ether oxygens (including phenoxy) is 2. The number of nitrogens with zero attached hydrogens (tertiary/aromatic N) is 2. The first kappa shape index (κ1) is 25.5. The maximum Gasteiger partial charge on any atom is 0.251 e. The molecule has 2 heterocycles. The minimum Gasteiger partial charge on any atom is -0.495 e. The third-order valence-electron chi connectivity index (χ3n) is 7.42. The fraction of sp³-hybridized carbons (Fsp3) is 0.462. The summed E-state index contributed by atoms with van der Waals surface area (Å²) in [6.45, 7) is 1.71. The number of anilines is 1. The van der Waals surface area contributed by atoms with E-state index in [-0.39, 0.29) is 19.1 Å². The van der Waals surface area contributed by atoms with Crippen LogP contribution >= 0.6 is 15.9 Å². The van der Waals surface area contributed by atoms with Gasteiger partial charge in [-0.3, -0.25) is 14.6 Å². The molecule has 3 aliphatic rings. The number of hydrogen-bond donors (Lipinski definition) is 4. The number of nitrogens with two attached hydrogens (primary N) is 2. The van der Waals surface area contributed by atoms with Gasteiger partial charge in [0.05, 0.1) is 31.1 Å². The number of fused-ring (bicyclic) bond motifs is 1. The Labute approximate surface area is 223 Å². The Hall–Kier alpha value is -3.18. The maximum absolute atomic E-state index is 13.2. The summed E-state index contributed by atoms with van der Waals surface area (Å²) in [4.78, 5) is 34.5. The van der Waals surface area contributed by atoms with Crippen molar-refractivity contribution in [1.29, 1.82) is 0 Å². The van der Waals surface area contributed by atoms with Crippen molar-refractivity contribution in [1.82, 2.24) is 10.3 Å². The molecule has 2 aromatic rings. The van der Waals surface area contributed by atoms with Gasteiger partial charge in [-0.05, 0) is 72.7 Å². The normalized spacial score (nSPS) is 22.3. The molecule has 2 atom stereocenters. The number of halogens is 1. The van der Waals surface area contributed by atoms with Gasteiger partial charge < -0.3 is 31.4 Å². The van der Waals surface area contributed by atoms with Crippen molar-refractivity contribution in [3.8, 4) is 11.5 Å². The fourth-order valence-corrected chi connectivity index (χ4v) is 5.07. The topological polar surface area (TPSA) is 162 Å². The highest BCUT2D eigenvalue weighted by Crippen LogP contribution is 2.49. The van der Waals surface area contributed by atoms with E-state index < -0.39 is 22.8 Å². The average Bonchev–Trinajstić information content (AvgIpc) is 3.80. The lowest BCUT2D eigenvalue weighted by Crippen LogP contribution is -2.44. The summed E-state index contributed by atoms with van der Waals surface area (Å²) in [5, 5.41) is 14.7. The molecule has 1 unspecified atom stereocenters. The number of aromatic nitrogens is 1. The lowest BCUT2D eigenvalue weighted by atomic mass is 9.82. The summed E-state index contributed by atoms with van der Waals surface area (Å²) in [6.07, 6.45) is 5.33. The highest BCUT2D eigenvalue weighted by Gasteiger charge is 2.49.